The lowest BCUT2D eigenvalue weighted by molar-refractivity contribution is -0.116. The van der Waals surface area contributed by atoms with E-state index in [0.717, 1.165) is 74.2 Å². The van der Waals surface area contributed by atoms with Crippen molar-refractivity contribution in [2.75, 3.05) is 37.8 Å². The van der Waals surface area contributed by atoms with Gasteiger partial charge in [-0.05, 0) is 42.7 Å². The predicted octanol–water partition coefficient (Wildman–Crippen LogP) is 4.68. The smallest absolute Gasteiger partial charge is 0.163 e. The zero-order chi connectivity index (χ0) is 19.3. The number of aryl methyl sites for hydroxylation is 2. The van der Waals surface area contributed by atoms with Crippen molar-refractivity contribution < 1.29 is 9.47 Å². The van der Waals surface area contributed by atoms with Gasteiger partial charge in [0, 0.05) is 55.0 Å². The molecule has 1 spiro atoms. The highest BCUT2D eigenvalue weighted by molar-refractivity contribution is 7.19. The summed E-state index contributed by atoms with van der Waals surface area (Å²) in [5.74, 6) is 1.99. The lowest BCUT2D eigenvalue weighted by Gasteiger charge is -2.45. The van der Waals surface area contributed by atoms with Crippen molar-refractivity contribution in [3.8, 4) is 11.4 Å². The van der Waals surface area contributed by atoms with Crippen molar-refractivity contribution in [2.24, 2.45) is 0 Å². The number of rotatable bonds is 2. The second-order valence-corrected chi connectivity index (χ2v) is 10.2. The Labute approximate surface area is 178 Å². The summed E-state index contributed by atoms with van der Waals surface area (Å²) in [7, 11) is 0. The molecule has 5 heterocycles. The van der Waals surface area contributed by atoms with Crippen LogP contribution in [0.5, 0.6) is 0 Å². The molecule has 152 valence electrons. The predicted molar refractivity (Wildman–Crippen MR) is 118 cm³/mol. The van der Waals surface area contributed by atoms with Gasteiger partial charge in [-0.1, -0.05) is 0 Å². The molecule has 3 aromatic heterocycles. The summed E-state index contributed by atoms with van der Waals surface area (Å²) in [6.45, 7) is 4.13. The van der Waals surface area contributed by atoms with Gasteiger partial charge < -0.3 is 14.4 Å². The Kier molecular flexibility index (Phi) is 4.60. The Morgan fingerprint density at radius 3 is 2.83 bits per heavy atom. The molecule has 0 saturated carbocycles. The number of aromatic nitrogens is 2. The fourth-order valence-corrected chi connectivity index (χ4v) is 6.85. The summed E-state index contributed by atoms with van der Waals surface area (Å²) in [4.78, 5) is 15.4. The van der Waals surface area contributed by atoms with Crippen molar-refractivity contribution in [3.63, 3.8) is 0 Å². The van der Waals surface area contributed by atoms with Gasteiger partial charge in [-0.3, -0.25) is 0 Å². The zero-order valence-corrected chi connectivity index (χ0v) is 18.1. The molecule has 3 aliphatic rings. The largest absolute Gasteiger partial charge is 0.381 e. The Morgan fingerprint density at radius 2 is 1.97 bits per heavy atom. The molecule has 3 aromatic rings. The molecule has 2 saturated heterocycles. The van der Waals surface area contributed by atoms with Crippen LogP contribution >= 0.6 is 22.7 Å². The highest BCUT2D eigenvalue weighted by atomic mass is 32.1. The standard InChI is InChI=1S/C22H25N3O2S2/c1-2-4-17-16(3-1)18-20(23-19(24-21(18)29-17)15-5-12-28-13-15)25-8-11-27-22(14-25)6-9-26-10-7-22/h5,12-13H,1-4,6-11,14H2. The van der Waals surface area contributed by atoms with Crippen LogP contribution in [0.3, 0.4) is 0 Å². The van der Waals surface area contributed by atoms with Crippen LogP contribution in [0.2, 0.25) is 0 Å². The lowest BCUT2D eigenvalue weighted by Crippen LogP contribution is -2.54. The molecule has 0 radical (unpaired) electrons. The van der Waals surface area contributed by atoms with Gasteiger partial charge in [-0.15, -0.1) is 11.3 Å². The molecule has 0 atom stereocenters. The Hall–Kier alpha value is -1.54. The fourth-order valence-electron chi connectivity index (χ4n) is 4.96. The summed E-state index contributed by atoms with van der Waals surface area (Å²) in [6.07, 6.45) is 6.85. The highest BCUT2D eigenvalue weighted by Gasteiger charge is 2.39. The van der Waals surface area contributed by atoms with Gasteiger partial charge in [0.2, 0.25) is 0 Å². The summed E-state index contributed by atoms with van der Waals surface area (Å²) < 4.78 is 11.9. The Morgan fingerprint density at radius 1 is 1.07 bits per heavy atom. The molecular formula is C22H25N3O2S2. The maximum absolute atomic E-state index is 6.31. The third kappa shape index (κ3) is 3.19. The molecule has 2 aliphatic heterocycles. The van der Waals surface area contributed by atoms with E-state index in [4.69, 9.17) is 19.4 Å². The van der Waals surface area contributed by atoms with E-state index in [1.165, 1.54) is 35.1 Å². The highest BCUT2D eigenvalue weighted by Crippen LogP contribution is 2.42. The van der Waals surface area contributed by atoms with E-state index in [0.29, 0.717) is 0 Å². The fraction of sp³-hybridized carbons (Fsp3) is 0.545. The molecule has 0 unspecified atom stereocenters. The molecule has 29 heavy (non-hydrogen) atoms. The van der Waals surface area contributed by atoms with Gasteiger partial charge in [-0.2, -0.15) is 11.3 Å². The number of nitrogens with zero attached hydrogens (tertiary/aromatic N) is 3. The van der Waals surface area contributed by atoms with Crippen LogP contribution < -0.4 is 4.90 Å². The van der Waals surface area contributed by atoms with E-state index >= 15 is 0 Å². The summed E-state index contributed by atoms with van der Waals surface area (Å²) in [5, 5.41) is 5.57. The monoisotopic (exact) mass is 427 g/mol. The Bertz CT molecular complexity index is 1020. The number of hydrogen-bond donors (Lipinski definition) is 0. The summed E-state index contributed by atoms with van der Waals surface area (Å²) >= 11 is 3.59. The number of anilines is 1. The van der Waals surface area contributed by atoms with Gasteiger partial charge in [0.1, 0.15) is 10.6 Å². The molecular weight excluding hydrogens is 402 g/mol. The van der Waals surface area contributed by atoms with E-state index in [9.17, 15) is 0 Å². The zero-order valence-electron chi connectivity index (χ0n) is 16.5. The SMILES string of the molecule is c1cc(-c2nc(N3CCOC4(CCOCC4)C3)c3c4c(sc3n2)CCCC4)cs1. The number of thiophene rings is 2. The molecule has 0 bridgehead atoms. The van der Waals surface area contributed by atoms with Crippen molar-refractivity contribution in [1.82, 2.24) is 9.97 Å². The first kappa shape index (κ1) is 18.2. The molecule has 1 aliphatic carbocycles. The molecule has 5 nitrogen and oxygen atoms in total. The average Bonchev–Trinajstić information content (AvgIpc) is 3.41. The normalized spacial score (nSPS) is 21.6. The van der Waals surface area contributed by atoms with Gasteiger partial charge in [0.25, 0.3) is 0 Å². The number of ether oxygens (including phenoxy) is 2. The minimum Gasteiger partial charge on any atom is -0.381 e. The maximum Gasteiger partial charge on any atom is 0.163 e. The quantitative estimate of drug-likeness (QED) is 0.594. The average molecular weight is 428 g/mol. The van der Waals surface area contributed by atoms with E-state index in [1.807, 2.05) is 11.3 Å². The van der Waals surface area contributed by atoms with Crippen molar-refractivity contribution in [1.29, 1.82) is 0 Å². The second-order valence-electron chi connectivity index (χ2n) is 8.34. The molecule has 2 fully saturated rings. The lowest BCUT2D eigenvalue weighted by atomic mass is 9.91. The molecule has 6 rings (SSSR count). The van der Waals surface area contributed by atoms with Crippen molar-refractivity contribution >= 4 is 38.7 Å². The van der Waals surface area contributed by atoms with E-state index in [2.05, 4.69) is 21.7 Å². The topological polar surface area (TPSA) is 47.5 Å². The summed E-state index contributed by atoms with van der Waals surface area (Å²) in [6, 6.07) is 2.13. The van der Waals surface area contributed by atoms with Crippen LogP contribution in [-0.2, 0) is 22.3 Å². The van der Waals surface area contributed by atoms with E-state index < -0.39 is 0 Å². The second kappa shape index (κ2) is 7.30. The van der Waals surface area contributed by atoms with Gasteiger partial charge in [-0.25, -0.2) is 9.97 Å². The van der Waals surface area contributed by atoms with E-state index in [1.54, 1.807) is 11.3 Å². The van der Waals surface area contributed by atoms with Crippen LogP contribution in [0.1, 0.15) is 36.1 Å². The van der Waals surface area contributed by atoms with Gasteiger partial charge in [0.15, 0.2) is 5.82 Å². The minimum absolute atomic E-state index is 0.0909. The first-order valence-corrected chi connectivity index (χ1v) is 12.4. The maximum atomic E-state index is 6.31. The number of hydrogen-bond acceptors (Lipinski definition) is 7. The van der Waals surface area contributed by atoms with Gasteiger partial charge >= 0.3 is 0 Å². The van der Waals surface area contributed by atoms with Crippen LogP contribution in [0.15, 0.2) is 16.8 Å². The van der Waals surface area contributed by atoms with Crippen molar-refractivity contribution in [3.05, 3.63) is 27.3 Å². The molecule has 0 N–H and O–H groups in total. The molecule has 0 aromatic carbocycles. The first-order valence-electron chi connectivity index (χ1n) is 10.6. The minimum atomic E-state index is -0.0909. The Balaban J connectivity index is 1.49. The van der Waals surface area contributed by atoms with Crippen molar-refractivity contribution in [2.45, 2.75) is 44.1 Å². The third-order valence-electron chi connectivity index (χ3n) is 6.53. The van der Waals surface area contributed by atoms with Crippen LogP contribution in [0.4, 0.5) is 5.82 Å². The third-order valence-corrected chi connectivity index (χ3v) is 8.40. The van der Waals surface area contributed by atoms with E-state index in [-0.39, 0.29) is 5.60 Å². The molecule has 7 heteroatoms. The molecule has 0 amide bonds. The van der Waals surface area contributed by atoms with Crippen LogP contribution in [-0.4, -0.2) is 48.5 Å². The first-order chi connectivity index (χ1) is 14.3. The number of fused-ring (bicyclic) bond motifs is 3. The summed E-state index contributed by atoms with van der Waals surface area (Å²) in [5.41, 5.74) is 2.54. The number of morpholine rings is 1. The van der Waals surface area contributed by atoms with Gasteiger partial charge in [0.05, 0.1) is 17.6 Å². The van der Waals surface area contributed by atoms with Crippen LogP contribution in [0.25, 0.3) is 21.6 Å². The van der Waals surface area contributed by atoms with Crippen LogP contribution in [0, 0.1) is 0 Å².